The fourth-order valence-corrected chi connectivity index (χ4v) is 2.12. The summed E-state index contributed by atoms with van der Waals surface area (Å²) < 4.78 is 5.63. The van der Waals surface area contributed by atoms with Crippen LogP contribution in [0.2, 0.25) is 0 Å². The number of carbonyl (C=O) groups is 1. The zero-order valence-electron chi connectivity index (χ0n) is 11.5. The lowest BCUT2D eigenvalue weighted by Crippen LogP contribution is -2.42. The van der Waals surface area contributed by atoms with Gasteiger partial charge in [-0.15, -0.1) is 0 Å². The van der Waals surface area contributed by atoms with E-state index in [2.05, 4.69) is 24.1 Å². The van der Waals surface area contributed by atoms with Gasteiger partial charge in [-0.1, -0.05) is 0 Å². The largest absolute Gasteiger partial charge is 0.368 e. The van der Waals surface area contributed by atoms with E-state index in [9.17, 15) is 4.79 Å². The monoisotopic (exact) mass is 242 g/mol. The number of hydrogen-bond donors (Lipinski definition) is 1. The highest BCUT2D eigenvalue weighted by Gasteiger charge is 2.21. The van der Waals surface area contributed by atoms with Crippen LogP contribution in [0, 0.1) is 0 Å². The highest BCUT2D eigenvalue weighted by Crippen LogP contribution is 2.15. The van der Waals surface area contributed by atoms with Crippen LogP contribution in [0.15, 0.2) is 0 Å². The molecule has 0 radical (unpaired) electrons. The van der Waals surface area contributed by atoms with Gasteiger partial charge in [-0.2, -0.15) is 0 Å². The molecule has 0 aromatic carbocycles. The molecule has 1 aliphatic rings. The van der Waals surface area contributed by atoms with E-state index in [0.717, 1.165) is 25.9 Å². The van der Waals surface area contributed by atoms with Crippen LogP contribution < -0.4 is 5.32 Å². The molecule has 17 heavy (non-hydrogen) atoms. The van der Waals surface area contributed by atoms with Gasteiger partial charge in [-0.05, 0) is 40.5 Å². The van der Waals surface area contributed by atoms with Crippen molar-refractivity contribution < 1.29 is 9.53 Å². The van der Waals surface area contributed by atoms with Crippen LogP contribution >= 0.6 is 0 Å². The van der Waals surface area contributed by atoms with Gasteiger partial charge in [-0.3, -0.25) is 4.79 Å². The van der Waals surface area contributed by atoms with Crippen LogP contribution in [0.1, 0.15) is 40.5 Å². The van der Waals surface area contributed by atoms with Gasteiger partial charge in [0, 0.05) is 25.2 Å². The normalized spacial score (nSPS) is 18.9. The summed E-state index contributed by atoms with van der Waals surface area (Å²) in [5, 5.41) is 2.83. The summed E-state index contributed by atoms with van der Waals surface area (Å²) in [4.78, 5) is 13.9. The molecular formula is C13H26N2O2. The summed E-state index contributed by atoms with van der Waals surface area (Å²) in [7, 11) is 0. The first kappa shape index (κ1) is 14.5. The lowest BCUT2D eigenvalue weighted by atomic mass is 10.1. The molecule has 4 nitrogen and oxygen atoms in total. The van der Waals surface area contributed by atoms with Gasteiger partial charge in [0.15, 0.2) is 0 Å². The average Bonchev–Trinajstić information content (AvgIpc) is 2.26. The van der Waals surface area contributed by atoms with Gasteiger partial charge < -0.3 is 15.0 Å². The zero-order chi connectivity index (χ0) is 12.8. The molecule has 0 spiro atoms. The fourth-order valence-electron chi connectivity index (χ4n) is 2.12. The number of hydrogen-bond acceptors (Lipinski definition) is 3. The van der Waals surface area contributed by atoms with Crippen molar-refractivity contribution in [3.63, 3.8) is 0 Å². The summed E-state index contributed by atoms with van der Waals surface area (Å²) in [6.07, 6.45) is 2.32. The third kappa shape index (κ3) is 5.50. The van der Waals surface area contributed by atoms with Gasteiger partial charge in [0.05, 0.1) is 6.10 Å². The summed E-state index contributed by atoms with van der Waals surface area (Å²) in [5.41, 5.74) is 0. The van der Waals surface area contributed by atoms with Crippen LogP contribution in [-0.4, -0.2) is 48.7 Å². The van der Waals surface area contributed by atoms with Gasteiger partial charge in [-0.25, -0.2) is 0 Å². The molecule has 100 valence electrons. The van der Waals surface area contributed by atoms with Crippen molar-refractivity contribution in [2.24, 2.45) is 0 Å². The Morgan fingerprint density at radius 1 is 1.29 bits per heavy atom. The average molecular weight is 242 g/mol. The number of amides is 1. The molecule has 1 aliphatic heterocycles. The Morgan fingerprint density at radius 2 is 1.88 bits per heavy atom. The predicted molar refractivity (Wildman–Crippen MR) is 69.0 cm³/mol. The molecule has 1 heterocycles. The topological polar surface area (TPSA) is 41.6 Å². The second-order valence-electron chi connectivity index (χ2n) is 5.36. The molecule has 0 aromatic heterocycles. The van der Waals surface area contributed by atoms with Crippen molar-refractivity contribution in [3.05, 3.63) is 0 Å². The fraction of sp³-hybridized carbons (Fsp3) is 0.923. The van der Waals surface area contributed by atoms with Crippen molar-refractivity contribution in [1.29, 1.82) is 0 Å². The minimum absolute atomic E-state index is 0.00807. The van der Waals surface area contributed by atoms with Crippen molar-refractivity contribution in [1.82, 2.24) is 10.2 Å². The van der Waals surface area contributed by atoms with E-state index in [-0.39, 0.29) is 24.7 Å². The van der Waals surface area contributed by atoms with Crippen LogP contribution in [0.3, 0.4) is 0 Å². The Hall–Kier alpha value is -0.610. The van der Waals surface area contributed by atoms with Crippen molar-refractivity contribution in [2.75, 3.05) is 19.7 Å². The second kappa shape index (κ2) is 6.97. The van der Waals surface area contributed by atoms with Gasteiger partial charge in [0.25, 0.3) is 0 Å². The lowest BCUT2D eigenvalue weighted by molar-refractivity contribution is -0.129. The number of ether oxygens (including phenoxy) is 1. The first-order chi connectivity index (χ1) is 7.99. The molecule has 0 atom stereocenters. The van der Waals surface area contributed by atoms with E-state index in [1.807, 2.05) is 13.8 Å². The number of likely N-dealkylation sites (tertiary alicyclic amines) is 1. The maximum atomic E-state index is 11.4. The molecule has 0 bridgehead atoms. The minimum Gasteiger partial charge on any atom is -0.368 e. The Balaban J connectivity index is 2.16. The van der Waals surface area contributed by atoms with Crippen LogP contribution in [-0.2, 0) is 9.53 Å². The second-order valence-corrected chi connectivity index (χ2v) is 5.36. The van der Waals surface area contributed by atoms with Crippen LogP contribution in [0.25, 0.3) is 0 Å². The first-order valence-electron chi connectivity index (χ1n) is 6.64. The van der Waals surface area contributed by atoms with E-state index in [4.69, 9.17) is 4.74 Å². The van der Waals surface area contributed by atoms with Crippen LogP contribution in [0.4, 0.5) is 0 Å². The standard InChI is InChI=1S/C13H26N2O2/c1-10(2)14-13(16)9-17-12-5-7-15(8-6-12)11(3)4/h10-12H,5-9H2,1-4H3,(H,14,16). The predicted octanol–water partition coefficient (Wildman–Crippen LogP) is 1.40. The molecule has 0 aromatic rings. The third-order valence-corrected chi connectivity index (χ3v) is 3.11. The highest BCUT2D eigenvalue weighted by molar-refractivity contribution is 5.77. The summed E-state index contributed by atoms with van der Waals surface area (Å²) in [5.74, 6) is -0.00807. The van der Waals surface area contributed by atoms with E-state index < -0.39 is 0 Å². The molecule has 1 saturated heterocycles. The number of nitrogens with one attached hydrogen (secondary N) is 1. The van der Waals surface area contributed by atoms with E-state index in [0.29, 0.717) is 6.04 Å². The van der Waals surface area contributed by atoms with E-state index >= 15 is 0 Å². The SMILES string of the molecule is CC(C)NC(=O)COC1CCN(C(C)C)CC1. The van der Waals surface area contributed by atoms with Crippen molar-refractivity contribution in [2.45, 2.75) is 58.7 Å². The van der Waals surface area contributed by atoms with Crippen molar-refractivity contribution >= 4 is 5.91 Å². The summed E-state index contributed by atoms with van der Waals surface area (Å²) >= 11 is 0. The molecule has 4 heteroatoms. The van der Waals surface area contributed by atoms with Gasteiger partial charge >= 0.3 is 0 Å². The summed E-state index contributed by atoms with van der Waals surface area (Å²) in [6, 6.07) is 0.800. The Morgan fingerprint density at radius 3 is 2.35 bits per heavy atom. The smallest absolute Gasteiger partial charge is 0.246 e. The van der Waals surface area contributed by atoms with E-state index in [1.165, 1.54) is 0 Å². The molecule has 1 N–H and O–H groups in total. The maximum Gasteiger partial charge on any atom is 0.246 e. The lowest BCUT2D eigenvalue weighted by Gasteiger charge is -2.34. The molecule has 0 aliphatic carbocycles. The van der Waals surface area contributed by atoms with Crippen molar-refractivity contribution in [3.8, 4) is 0 Å². The number of rotatable bonds is 5. The number of carbonyl (C=O) groups excluding carboxylic acids is 1. The first-order valence-corrected chi connectivity index (χ1v) is 6.64. The quantitative estimate of drug-likeness (QED) is 0.792. The van der Waals surface area contributed by atoms with Gasteiger partial charge in [0.1, 0.15) is 6.61 Å². The number of piperidine rings is 1. The maximum absolute atomic E-state index is 11.4. The Bertz CT molecular complexity index is 234. The minimum atomic E-state index is -0.00807. The zero-order valence-corrected chi connectivity index (χ0v) is 11.5. The Labute approximate surface area is 105 Å². The Kier molecular flexibility index (Phi) is 5.92. The van der Waals surface area contributed by atoms with Crippen LogP contribution in [0.5, 0.6) is 0 Å². The molecule has 0 unspecified atom stereocenters. The van der Waals surface area contributed by atoms with E-state index in [1.54, 1.807) is 0 Å². The molecular weight excluding hydrogens is 216 g/mol. The highest BCUT2D eigenvalue weighted by atomic mass is 16.5. The molecule has 1 fully saturated rings. The molecule has 1 rings (SSSR count). The number of nitrogens with zero attached hydrogens (tertiary/aromatic N) is 1. The third-order valence-electron chi connectivity index (χ3n) is 3.11. The molecule has 0 saturated carbocycles. The van der Waals surface area contributed by atoms with Gasteiger partial charge in [0.2, 0.25) is 5.91 Å². The molecule has 1 amide bonds. The summed E-state index contributed by atoms with van der Waals surface area (Å²) in [6.45, 7) is 10.7.